The first-order valence-corrected chi connectivity index (χ1v) is 11.8. The number of benzene rings is 2. The molecule has 1 atom stereocenters. The first kappa shape index (κ1) is 23.2. The maximum absolute atomic E-state index is 13.7. The molecule has 2 aliphatic heterocycles. The molecule has 1 unspecified atom stereocenters. The van der Waals surface area contributed by atoms with Crippen LogP contribution in [0.15, 0.2) is 45.6 Å². The van der Waals surface area contributed by atoms with E-state index < -0.39 is 11.0 Å². The molecule has 1 fully saturated rings. The average molecular weight is 478 g/mol. The van der Waals surface area contributed by atoms with Gasteiger partial charge in [-0.15, -0.1) is 0 Å². The number of non-ortho nitro benzene ring substituents is 1. The lowest BCUT2D eigenvalue weighted by atomic mass is 9.97. The normalized spacial score (nSPS) is 18.3. The van der Waals surface area contributed by atoms with Crippen molar-refractivity contribution in [1.82, 2.24) is 9.80 Å². The van der Waals surface area contributed by atoms with Gasteiger partial charge in [-0.3, -0.25) is 24.6 Å². The van der Waals surface area contributed by atoms with Gasteiger partial charge in [-0.1, -0.05) is 0 Å². The first-order chi connectivity index (χ1) is 16.8. The van der Waals surface area contributed by atoms with E-state index in [1.165, 1.54) is 12.1 Å². The number of hydrogen-bond acceptors (Lipinski definition) is 7. The molecule has 0 saturated carbocycles. The highest BCUT2D eigenvalue weighted by atomic mass is 16.6. The molecule has 0 aliphatic carbocycles. The summed E-state index contributed by atoms with van der Waals surface area (Å²) in [6.45, 7) is 8.19. The standard InChI is InChI=1S/C26H27N3O6/c1-16-14-20-21(15-17(16)2)35-25-22(24(20)30)23(18-4-6-19(7-5-18)29(32)33)28(26(25)31)9-3-8-27-10-12-34-13-11-27/h4-7,14-15,23H,3,8-13H2,1-2H3. The molecule has 35 heavy (non-hydrogen) atoms. The van der Waals surface area contributed by atoms with Crippen molar-refractivity contribution in [3.63, 3.8) is 0 Å². The predicted octanol–water partition coefficient (Wildman–Crippen LogP) is 3.59. The second-order valence-electron chi connectivity index (χ2n) is 9.16. The predicted molar refractivity (Wildman–Crippen MR) is 130 cm³/mol. The maximum Gasteiger partial charge on any atom is 0.290 e. The smallest absolute Gasteiger partial charge is 0.290 e. The van der Waals surface area contributed by atoms with Crippen LogP contribution in [0.25, 0.3) is 11.0 Å². The largest absolute Gasteiger partial charge is 0.450 e. The number of rotatable bonds is 6. The molecule has 1 amide bonds. The van der Waals surface area contributed by atoms with Gasteiger partial charge in [-0.25, -0.2) is 0 Å². The Hall–Kier alpha value is -3.56. The van der Waals surface area contributed by atoms with Crippen LogP contribution in [-0.4, -0.2) is 60.0 Å². The van der Waals surface area contributed by atoms with Crippen molar-refractivity contribution < 1.29 is 18.9 Å². The third-order valence-electron chi connectivity index (χ3n) is 6.98. The van der Waals surface area contributed by atoms with E-state index in [1.807, 2.05) is 13.8 Å². The number of carbonyl (C=O) groups excluding carboxylic acids is 1. The van der Waals surface area contributed by atoms with E-state index in [0.29, 0.717) is 41.9 Å². The molecule has 9 heteroatoms. The fourth-order valence-corrected chi connectivity index (χ4v) is 4.92. The van der Waals surface area contributed by atoms with Gasteiger partial charge in [-0.05, 0) is 61.2 Å². The fourth-order valence-electron chi connectivity index (χ4n) is 4.92. The van der Waals surface area contributed by atoms with Gasteiger partial charge < -0.3 is 14.1 Å². The van der Waals surface area contributed by atoms with Gasteiger partial charge in [0.2, 0.25) is 5.76 Å². The summed E-state index contributed by atoms with van der Waals surface area (Å²) in [5.74, 6) is -0.275. The lowest BCUT2D eigenvalue weighted by molar-refractivity contribution is -0.384. The van der Waals surface area contributed by atoms with E-state index >= 15 is 0 Å². The zero-order valence-corrected chi connectivity index (χ0v) is 19.8. The van der Waals surface area contributed by atoms with E-state index in [9.17, 15) is 19.7 Å². The summed E-state index contributed by atoms with van der Waals surface area (Å²) in [5.41, 5.74) is 2.98. The van der Waals surface area contributed by atoms with Gasteiger partial charge in [0.05, 0.1) is 35.1 Å². The number of nitrogens with zero attached hydrogens (tertiary/aromatic N) is 3. The molecule has 182 valence electrons. The van der Waals surface area contributed by atoms with E-state index in [4.69, 9.17) is 9.15 Å². The molecule has 9 nitrogen and oxygen atoms in total. The number of aryl methyl sites for hydroxylation is 2. The topological polar surface area (TPSA) is 106 Å². The third-order valence-corrected chi connectivity index (χ3v) is 6.98. The SMILES string of the molecule is Cc1cc2oc3c(c(=O)c2cc1C)C(c1ccc([N+](=O)[O-])cc1)N(CCCN1CCOCC1)C3=O. The zero-order valence-electron chi connectivity index (χ0n) is 19.8. The lowest BCUT2D eigenvalue weighted by Crippen LogP contribution is -2.38. The van der Waals surface area contributed by atoms with Crippen LogP contribution < -0.4 is 5.43 Å². The molecule has 0 N–H and O–H groups in total. The molecule has 3 heterocycles. The maximum atomic E-state index is 13.7. The number of fused-ring (bicyclic) bond motifs is 2. The Labute approximate surface area is 202 Å². The number of nitro benzene ring substituents is 1. The number of morpholine rings is 1. The molecule has 2 aliphatic rings. The summed E-state index contributed by atoms with van der Waals surface area (Å²) in [7, 11) is 0. The van der Waals surface area contributed by atoms with E-state index in [1.54, 1.807) is 29.2 Å². The molecule has 5 rings (SSSR count). The first-order valence-electron chi connectivity index (χ1n) is 11.8. The average Bonchev–Trinajstić information content (AvgIpc) is 3.13. The molecule has 0 radical (unpaired) electrons. The Bertz CT molecular complexity index is 1360. The van der Waals surface area contributed by atoms with E-state index in [2.05, 4.69) is 4.90 Å². The second-order valence-corrected chi connectivity index (χ2v) is 9.16. The van der Waals surface area contributed by atoms with Crippen LogP contribution in [-0.2, 0) is 4.74 Å². The van der Waals surface area contributed by atoms with Crippen molar-refractivity contribution in [2.75, 3.05) is 39.4 Å². The van der Waals surface area contributed by atoms with Crippen LogP contribution in [0.2, 0.25) is 0 Å². The van der Waals surface area contributed by atoms with Crippen molar-refractivity contribution in [3.05, 3.63) is 84.7 Å². The molecule has 1 saturated heterocycles. The molecule has 0 spiro atoms. The number of carbonyl (C=O) groups is 1. The van der Waals surface area contributed by atoms with Gasteiger partial charge in [-0.2, -0.15) is 0 Å². The minimum absolute atomic E-state index is 0.0474. The highest BCUT2D eigenvalue weighted by molar-refractivity contribution is 5.99. The lowest BCUT2D eigenvalue weighted by Gasteiger charge is -2.29. The molecule has 3 aromatic rings. The molecular formula is C26H27N3O6. The number of hydrogen-bond donors (Lipinski definition) is 0. The van der Waals surface area contributed by atoms with E-state index in [-0.39, 0.29) is 22.8 Å². The fraction of sp³-hybridized carbons (Fsp3) is 0.385. The Morgan fingerprint density at radius 1 is 1.03 bits per heavy atom. The highest BCUT2D eigenvalue weighted by Crippen LogP contribution is 2.39. The van der Waals surface area contributed by atoms with Crippen molar-refractivity contribution in [2.24, 2.45) is 0 Å². The van der Waals surface area contributed by atoms with Crippen LogP contribution in [0.5, 0.6) is 0 Å². The van der Waals surface area contributed by atoms with Crippen LogP contribution in [0, 0.1) is 24.0 Å². The Kier molecular flexibility index (Phi) is 6.12. The van der Waals surface area contributed by atoms with Crippen molar-refractivity contribution in [2.45, 2.75) is 26.3 Å². The Balaban J connectivity index is 1.56. The highest BCUT2D eigenvalue weighted by Gasteiger charge is 2.42. The number of ether oxygens (including phenoxy) is 1. The summed E-state index contributed by atoms with van der Waals surface area (Å²) in [6.07, 6.45) is 0.717. The molecular weight excluding hydrogens is 450 g/mol. The van der Waals surface area contributed by atoms with Gasteiger partial charge in [0.1, 0.15) is 5.58 Å². The summed E-state index contributed by atoms with van der Waals surface area (Å²) >= 11 is 0. The van der Waals surface area contributed by atoms with Gasteiger partial charge >= 0.3 is 0 Å². The number of amides is 1. The monoisotopic (exact) mass is 477 g/mol. The quantitative estimate of drug-likeness (QED) is 0.395. The Morgan fingerprint density at radius 3 is 2.40 bits per heavy atom. The van der Waals surface area contributed by atoms with Crippen LogP contribution in [0.4, 0.5) is 5.69 Å². The minimum atomic E-state index is -0.662. The summed E-state index contributed by atoms with van der Waals surface area (Å²) in [5, 5.41) is 11.6. The summed E-state index contributed by atoms with van der Waals surface area (Å²) < 4.78 is 11.5. The molecule has 1 aromatic heterocycles. The van der Waals surface area contributed by atoms with Gasteiger partial charge in [0.25, 0.3) is 11.6 Å². The summed E-state index contributed by atoms with van der Waals surface area (Å²) in [6, 6.07) is 8.97. The Morgan fingerprint density at radius 2 is 1.71 bits per heavy atom. The van der Waals surface area contributed by atoms with Crippen LogP contribution >= 0.6 is 0 Å². The van der Waals surface area contributed by atoms with Crippen LogP contribution in [0.3, 0.4) is 0 Å². The number of nitro groups is 1. The minimum Gasteiger partial charge on any atom is -0.450 e. The second kappa shape index (κ2) is 9.24. The van der Waals surface area contributed by atoms with Crippen molar-refractivity contribution in [1.29, 1.82) is 0 Å². The van der Waals surface area contributed by atoms with E-state index in [0.717, 1.165) is 37.2 Å². The zero-order chi connectivity index (χ0) is 24.7. The van der Waals surface area contributed by atoms with Gasteiger partial charge in [0, 0.05) is 38.3 Å². The van der Waals surface area contributed by atoms with Crippen molar-refractivity contribution in [3.8, 4) is 0 Å². The molecule has 2 aromatic carbocycles. The third kappa shape index (κ3) is 4.21. The van der Waals surface area contributed by atoms with Gasteiger partial charge in [0.15, 0.2) is 5.43 Å². The van der Waals surface area contributed by atoms with Crippen molar-refractivity contribution >= 4 is 22.6 Å². The van der Waals surface area contributed by atoms with Crippen LogP contribution in [0.1, 0.15) is 45.3 Å². The molecule has 0 bridgehead atoms. The summed E-state index contributed by atoms with van der Waals surface area (Å²) in [4.78, 5) is 41.9.